The van der Waals surface area contributed by atoms with Crippen molar-refractivity contribution in [1.29, 1.82) is 0 Å². The van der Waals surface area contributed by atoms with Gasteiger partial charge < -0.3 is 28.8 Å². The molecule has 4 rings (SSSR count). The Balaban J connectivity index is 1.50. The summed E-state index contributed by atoms with van der Waals surface area (Å²) in [6.45, 7) is 0.803. The number of nitrogens with zero attached hydrogens (tertiary/aromatic N) is 3. The number of esters is 1. The maximum Gasteiger partial charge on any atom is 0.373 e. The fourth-order valence-corrected chi connectivity index (χ4v) is 3.99. The molecule has 0 atom stereocenters. The number of urea groups is 1. The van der Waals surface area contributed by atoms with Crippen LogP contribution in [0.25, 0.3) is 6.08 Å². The Labute approximate surface area is 219 Å². The van der Waals surface area contributed by atoms with Gasteiger partial charge in [0.2, 0.25) is 11.5 Å². The van der Waals surface area contributed by atoms with Gasteiger partial charge in [0.25, 0.3) is 11.8 Å². The van der Waals surface area contributed by atoms with E-state index in [9.17, 15) is 29.3 Å². The molecule has 200 valence electrons. The van der Waals surface area contributed by atoms with Crippen molar-refractivity contribution in [1.82, 2.24) is 15.1 Å². The molecule has 2 fully saturated rings. The van der Waals surface area contributed by atoms with Gasteiger partial charge in [-0.15, -0.1) is 0 Å². The Bertz CT molecular complexity index is 1330. The standard InChI is InChI=1S/C23H21ClN4O10/c1-35-22(31)18-3-2-14(38-18)11-27-21(30)16(25-23(27)32)9-13-8-15(24)20(17(10-13)28(33)34)37-12-19(29)26-4-6-36-7-5-26/h2-3,8-10H,4-7,11-12H2,1H3,(H,25,32)/b16-9-. The maximum absolute atomic E-state index is 12.8. The first-order valence-corrected chi connectivity index (χ1v) is 11.5. The smallest absolute Gasteiger partial charge is 0.373 e. The molecular formula is C23H21ClN4O10. The molecule has 0 radical (unpaired) electrons. The van der Waals surface area contributed by atoms with E-state index in [0.717, 1.165) is 11.0 Å². The third-order valence-corrected chi connectivity index (χ3v) is 5.86. The zero-order chi connectivity index (χ0) is 27.4. The quantitative estimate of drug-likeness (QED) is 0.169. The Morgan fingerprint density at radius 1 is 1.24 bits per heavy atom. The van der Waals surface area contributed by atoms with Crippen LogP contribution < -0.4 is 10.1 Å². The molecule has 2 aromatic rings. The number of ether oxygens (including phenoxy) is 3. The molecule has 3 heterocycles. The highest BCUT2D eigenvalue weighted by molar-refractivity contribution is 6.32. The predicted molar refractivity (Wildman–Crippen MR) is 128 cm³/mol. The van der Waals surface area contributed by atoms with Crippen molar-refractivity contribution < 1.29 is 42.7 Å². The summed E-state index contributed by atoms with van der Waals surface area (Å²) < 4.78 is 20.4. The van der Waals surface area contributed by atoms with E-state index in [1.807, 2.05) is 0 Å². The van der Waals surface area contributed by atoms with Gasteiger partial charge in [0.05, 0.1) is 36.8 Å². The second kappa shape index (κ2) is 11.3. The number of nitrogens with one attached hydrogen (secondary N) is 1. The largest absolute Gasteiger partial charge is 0.476 e. The summed E-state index contributed by atoms with van der Waals surface area (Å²) in [5, 5.41) is 13.9. The van der Waals surface area contributed by atoms with Crippen LogP contribution in [-0.2, 0) is 25.6 Å². The van der Waals surface area contributed by atoms with Crippen LogP contribution in [0.15, 0.2) is 34.4 Å². The van der Waals surface area contributed by atoms with E-state index >= 15 is 0 Å². The number of nitro benzene ring substituents is 1. The first-order chi connectivity index (χ1) is 18.2. The third kappa shape index (κ3) is 5.76. The number of rotatable bonds is 8. The summed E-state index contributed by atoms with van der Waals surface area (Å²) in [6, 6.07) is 4.40. The highest BCUT2D eigenvalue weighted by Gasteiger charge is 2.35. The molecule has 0 saturated carbocycles. The molecule has 14 nitrogen and oxygen atoms in total. The summed E-state index contributed by atoms with van der Waals surface area (Å²) in [7, 11) is 1.18. The molecule has 2 aliphatic rings. The van der Waals surface area contributed by atoms with Crippen LogP contribution in [0, 0.1) is 10.1 Å². The highest BCUT2D eigenvalue weighted by Crippen LogP contribution is 2.37. The van der Waals surface area contributed by atoms with Crippen LogP contribution in [-0.4, -0.2) is 78.6 Å². The molecule has 0 bridgehead atoms. The molecule has 1 aromatic heterocycles. The van der Waals surface area contributed by atoms with Gasteiger partial charge in [-0.25, -0.2) is 9.59 Å². The van der Waals surface area contributed by atoms with Gasteiger partial charge in [0, 0.05) is 19.2 Å². The zero-order valence-electron chi connectivity index (χ0n) is 19.9. The molecule has 38 heavy (non-hydrogen) atoms. The molecule has 15 heteroatoms. The van der Waals surface area contributed by atoms with Crippen LogP contribution in [0.3, 0.4) is 0 Å². The average Bonchev–Trinajstić information content (AvgIpc) is 3.48. The molecule has 1 N–H and O–H groups in total. The number of nitro groups is 1. The highest BCUT2D eigenvalue weighted by atomic mass is 35.5. The molecule has 0 unspecified atom stereocenters. The van der Waals surface area contributed by atoms with Crippen LogP contribution >= 0.6 is 11.6 Å². The minimum atomic E-state index is -0.764. The van der Waals surface area contributed by atoms with Crippen molar-refractivity contribution in [3.63, 3.8) is 0 Å². The first kappa shape index (κ1) is 26.6. The number of hydrogen-bond acceptors (Lipinski definition) is 10. The molecule has 0 aliphatic carbocycles. The lowest BCUT2D eigenvalue weighted by molar-refractivity contribution is -0.385. The van der Waals surface area contributed by atoms with E-state index in [4.69, 9.17) is 25.5 Å². The Hall–Kier alpha value is -4.43. The molecule has 2 saturated heterocycles. The number of carbonyl (C=O) groups is 4. The topological polar surface area (TPSA) is 171 Å². The lowest BCUT2D eigenvalue weighted by Crippen LogP contribution is -2.43. The van der Waals surface area contributed by atoms with Gasteiger partial charge in [-0.05, 0) is 29.8 Å². The number of hydrogen-bond donors (Lipinski definition) is 1. The van der Waals surface area contributed by atoms with Crippen molar-refractivity contribution in [2.24, 2.45) is 0 Å². The van der Waals surface area contributed by atoms with Crippen LogP contribution in [0.1, 0.15) is 21.9 Å². The fourth-order valence-electron chi connectivity index (χ4n) is 3.71. The van der Waals surface area contributed by atoms with Crippen molar-refractivity contribution in [3.05, 3.63) is 62.2 Å². The van der Waals surface area contributed by atoms with Crippen LogP contribution in [0.4, 0.5) is 10.5 Å². The summed E-state index contributed by atoms with van der Waals surface area (Å²) in [5.41, 5.74) is -0.569. The Morgan fingerprint density at radius 2 is 1.97 bits per heavy atom. The van der Waals surface area contributed by atoms with Gasteiger partial charge in [0.15, 0.2) is 6.61 Å². The normalized spacial score (nSPS) is 16.5. The number of imide groups is 1. The Morgan fingerprint density at radius 3 is 2.66 bits per heavy atom. The number of benzene rings is 1. The first-order valence-electron chi connectivity index (χ1n) is 11.2. The number of furan rings is 1. The van der Waals surface area contributed by atoms with Crippen LogP contribution in [0.2, 0.25) is 5.02 Å². The molecular weight excluding hydrogens is 528 g/mol. The Kier molecular flexibility index (Phi) is 7.93. The van der Waals surface area contributed by atoms with E-state index in [1.165, 1.54) is 36.3 Å². The zero-order valence-corrected chi connectivity index (χ0v) is 20.7. The van der Waals surface area contributed by atoms with Crippen molar-refractivity contribution >= 4 is 47.2 Å². The number of halogens is 1. The molecule has 1 aromatic carbocycles. The minimum Gasteiger partial charge on any atom is -0.476 e. The maximum atomic E-state index is 12.8. The monoisotopic (exact) mass is 548 g/mol. The summed E-state index contributed by atoms with van der Waals surface area (Å²) in [4.78, 5) is 62.4. The lowest BCUT2D eigenvalue weighted by atomic mass is 10.1. The van der Waals surface area contributed by atoms with Crippen molar-refractivity contribution in [2.75, 3.05) is 40.0 Å². The molecule has 4 amide bonds. The molecule has 0 spiro atoms. The van der Waals surface area contributed by atoms with Gasteiger partial charge in [-0.2, -0.15) is 0 Å². The number of morpholine rings is 1. The summed E-state index contributed by atoms with van der Waals surface area (Å²) in [6.07, 6.45) is 1.21. The number of carbonyl (C=O) groups excluding carboxylic acids is 4. The second-order valence-electron chi connectivity index (χ2n) is 8.03. The number of amides is 4. The second-order valence-corrected chi connectivity index (χ2v) is 8.43. The average molecular weight is 549 g/mol. The van der Waals surface area contributed by atoms with Crippen molar-refractivity contribution in [2.45, 2.75) is 6.54 Å². The minimum absolute atomic E-state index is 0.0961. The van der Waals surface area contributed by atoms with Crippen LogP contribution in [0.5, 0.6) is 5.75 Å². The van der Waals surface area contributed by atoms with Gasteiger partial charge in [-0.3, -0.25) is 24.6 Å². The van der Waals surface area contributed by atoms with Gasteiger partial charge in [-0.1, -0.05) is 11.6 Å². The third-order valence-electron chi connectivity index (χ3n) is 5.58. The predicted octanol–water partition coefficient (Wildman–Crippen LogP) is 1.96. The number of methoxy groups -OCH3 is 1. The van der Waals surface area contributed by atoms with Gasteiger partial charge >= 0.3 is 17.7 Å². The summed E-state index contributed by atoms with van der Waals surface area (Å²) >= 11 is 6.24. The lowest BCUT2D eigenvalue weighted by Gasteiger charge is -2.26. The van der Waals surface area contributed by atoms with Gasteiger partial charge in [0.1, 0.15) is 11.5 Å². The molecule has 2 aliphatic heterocycles. The van der Waals surface area contributed by atoms with Crippen molar-refractivity contribution in [3.8, 4) is 5.75 Å². The SMILES string of the molecule is COC(=O)c1ccc(CN2C(=O)N/C(=C\c3cc(Cl)c(OCC(=O)N4CCOCC4)c([N+](=O)[O-])c3)C2=O)o1. The van der Waals surface area contributed by atoms with E-state index in [-0.39, 0.29) is 46.0 Å². The van der Waals surface area contributed by atoms with E-state index in [0.29, 0.717) is 26.3 Å². The van der Waals surface area contributed by atoms with E-state index in [1.54, 1.807) is 0 Å². The van der Waals surface area contributed by atoms with E-state index < -0.39 is 35.1 Å². The fraction of sp³-hybridized carbons (Fsp3) is 0.304. The van der Waals surface area contributed by atoms with E-state index in [2.05, 4.69) is 10.1 Å². The summed E-state index contributed by atoms with van der Waals surface area (Å²) in [5.74, 6) is -2.07.